The maximum absolute atomic E-state index is 12.2. The van der Waals surface area contributed by atoms with Gasteiger partial charge >= 0.3 is 0 Å². The second-order valence-electron chi connectivity index (χ2n) is 5.31. The average Bonchev–Trinajstić information content (AvgIpc) is 2.01. The second kappa shape index (κ2) is 8.11. The Morgan fingerprint density at radius 2 is 1.27 bits per heavy atom. The van der Waals surface area contributed by atoms with Crippen LogP contribution in [-0.2, 0) is 4.57 Å². The summed E-state index contributed by atoms with van der Waals surface area (Å²) >= 11 is 2.22. The third kappa shape index (κ3) is 11.2. The van der Waals surface area contributed by atoms with Crippen LogP contribution in [0.3, 0.4) is 0 Å². The molecule has 0 rings (SSSR count). The first-order valence-corrected chi connectivity index (χ1v) is 11.0. The fourth-order valence-corrected chi connectivity index (χ4v) is 5.16. The Morgan fingerprint density at radius 1 is 0.933 bits per heavy atom. The van der Waals surface area contributed by atoms with Crippen LogP contribution < -0.4 is 0 Å². The molecule has 0 aromatic heterocycles. The van der Waals surface area contributed by atoms with Gasteiger partial charge in [0.05, 0.1) is 0 Å². The van der Waals surface area contributed by atoms with Crippen molar-refractivity contribution in [2.24, 2.45) is 11.8 Å². The van der Waals surface area contributed by atoms with E-state index in [2.05, 4.69) is 49.7 Å². The van der Waals surface area contributed by atoms with Crippen molar-refractivity contribution < 1.29 is 4.57 Å². The van der Waals surface area contributed by atoms with Crippen LogP contribution in [0.4, 0.5) is 0 Å². The van der Waals surface area contributed by atoms with Crippen LogP contribution in [0.5, 0.6) is 0 Å². The molecule has 0 N–H and O–H groups in total. The van der Waals surface area contributed by atoms with Crippen LogP contribution >= 0.6 is 26.8 Å². The normalized spacial score (nSPS) is 12.7. The van der Waals surface area contributed by atoms with E-state index in [1.54, 1.807) is 0 Å². The first-order valence-electron chi connectivity index (χ1n) is 6.11. The summed E-state index contributed by atoms with van der Waals surface area (Å²) in [4.78, 5) is -1.83. The topological polar surface area (TPSA) is 17.1 Å². The Morgan fingerprint density at radius 3 is 1.53 bits per heavy atom. The van der Waals surface area contributed by atoms with Crippen LogP contribution in [0.1, 0.15) is 53.4 Å². The van der Waals surface area contributed by atoms with Gasteiger partial charge in [0.25, 0.3) is 0 Å². The highest BCUT2D eigenvalue weighted by molar-refractivity contribution is 14.2. The van der Waals surface area contributed by atoms with Gasteiger partial charge in [0.2, 0.25) is 0 Å². The Bertz CT molecular complexity index is 184. The molecule has 0 fully saturated rings. The molecule has 15 heavy (non-hydrogen) atoms. The fraction of sp³-hybridized carbons (Fsp3) is 1.00. The lowest BCUT2D eigenvalue weighted by Crippen LogP contribution is -1.95. The predicted octanol–water partition coefficient (Wildman–Crippen LogP) is 5.57. The highest BCUT2D eigenvalue weighted by atomic mass is 127. The van der Waals surface area contributed by atoms with E-state index in [9.17, 15) is 4.57 Å². The molecule has 0 aliphatic carbocycles. The summed E-state index contributed by atoms with van der Waals surface area (Å²) in [6, 6.07) is 0. The summed E-state index contributed by atoms with van der Waals surface area (Å²) < 4.78 is 12.2. The van der Waals surface area contributed by atoms with Gasteiger partial charge in [0.1, 0.15) is 4.78 Å². The van der Waals surface area contributed by atoms with Crippen molar-refractivity contribution in [2.75, 3.05) is 12.3 Å². The molecule has 3 heteroatoms. The summed E-state index contributed by atoms with van der Waals surface area (Å²) in [5.41, 5.74) is 0. The lowest BCUT2D eigenvalue weighted by Gasteiger charge is -2.12. The first kappa shape index (κ1) is 16.0. The predicted molar refractivity (Wildman–Crippen MR) is 79.5 cm³/mol. The van der Waals surface area contributed by atoms with Crippen molar-refractivity contribution >= 4 is 26.8 Å². The summed E-state index contributed by atoms with van der Waals surface area (Å²) in [5.74, 6) is 1.49. The molecule has 0 saturated heterocycles. The number of rotatable bonds is 8. The minimum Gasteiger partial charge on any atom is -0.313 e. The van der Waals surface area contributed by atoms with Crippen LogP contribution in [0.15, 0.2) is 0 Å². The molecule has 0 aromatic rings. The summed E-state index contributed by atoms with van der Waals surface area (Å²) in [5, 5.41) is 0. The smallest absolute Gasteiger partial charge is 0.143 e. The van der Waals surface area contributed by atoms with E-state index in [1.807, 2.05) is 0 Å². The van der Waals surface area contributed by atoms with Crippen LogP contribution in [0.25, 0.3) is 0 Å². The minimum absolute atomic E-state index is 0.747. The monoisotopic (exact) mass is 344 g/mol. The summed E-state index contributed by atoms with van der Waals surface area (Å²) in [7, 11) is 0. The molecular formula is C12H26IOP. The summed E-state index contributed by atoms with van der Waals surface area (Å²) in [6.07, 6.45) is 6.61. The number of halogens is 1. The van der Waals surface area contributed by atoms with E-state index < -0.39 is 4.78 Å². The first-order chi connectivity index (χ1) is 6.83. The van der Waals surface area contributed by atoms with Gasteiger partial charge in [-0.25, -0.2) is 0 Å². The average molecular weight is 344 g/mol. The molecule has 92 valence electrons. The molecule has 0 aliphatic rings. The largest absolute Gasteiger partial charge is 0.313 e. The Kier molecular flexibility index (Phi) is 8.63. The van der Waals surface area contributed by atoms with Gasteiger partial charge in [-0.2, -0.15) is 0 Å². The molecule has 0 atom stereocenters. The Labute approximate surface area is 109 Å². The van der Waals surface area contributed by atoms with E-state index in [0.29, 0.717) is 0 Å². The van der Waals surface area contributed by atoms with Crippen molar-refractivity contribution in [1.29, 1.82) is 0 Å². The minimum atomic E-state index is -1.83. The molecule has 0 unspecified atom stereocenters. The molecule has 0 saturated carbocycles. The SMILES string of the molecule is CC(C)CCCP(=O)(I)CCCC(C)C. The zero-order valence-corrected chi connectivity index (χ0v) is 13.7. The zero-order chi connectivity index (χ0) is 11.9. The van der Waals surface area contributed by atoms with Crippen molar-refractivity contribution in [3.8, 4) is 0 Å². The highest BCUT2D eigenvalue weighted by Gasteiger charge is 2.16. The van der Waals surface area contributed by atoms with Crippen LogP contribution in [0.2, 0.25) is 0 Å². The molecule has 0 amide bonds. The second-order valence-corrected chi connectivity index (χ2v) is 13.1. The van der Waals surface area contributed by atoms with Crippen LogP contribution in [0, 0.1) is 11.8 Å². The lowest BCUT2D eigenvalue weighted by atomic mass is 10.1. The molecule has 0 heterocycles. The van der Waals surface area contributed by atoms with E-state index >= 15 is 0 Å². The molecule has 0 bridgehead atoms. The Hall–Kier alpha value is 0.960. The van der Waals surface area contributed by atoms with E-state index in [-0.39, 0.29) is 0 Å². The number of hydrogen-bond acceptors (Lipinski definition) is 1. The van der Waals surface area contributed by atoms with Gasteiger partial charge in [0.15, 0.2) is 0 Å². The van der Waals surface area contributed by atoms with Crippen molar-refractivity contribution in [3.63, 3.8) is 0 Å². The van der Waals surface area contributed by atoms with Gasteiger partial charge in [-0.1, -0.05) is 40.5 Å². The standard InChI is InChI=1S/C12H26IOP/c1-11(2)7-5-9-15(13,14)10-6-8-12(3)4/h11-12H,5-10H2,1-4H3. The van der Waals surface area contributed by atoms with E-state index in [1.165, 1.54) is 12.8 Å². The maximum atomic E-state index is 12.2. The van der Waals surface area contributed by atoms with Crippen molar-refractivity contribution in [3.05, 3.63) is 0 Å². The van der Waals surface area contributed by atoms with E-state index in [4.69, 9.17) is 0 Å². The van der Waals surface area contributed by atoms with Crippen molar-refractivity contribution in [2.45, 2.75) is 53.4 Å². The van der Waals surface area contributed by atoms with Gasteiger partial charge in [0, 0.05) is 12.3 Å². The maximum Gasteiger partial charge on any atom is 0.143 e. The fourth-order valence-electron chi connectivity index (χ4n) is 1.58. The van der Waals surface area contributed by atoms with Crippen LogP contribution in [-0.4, -0.2) is 12.3 Å². The molecule has 0 aliphatic heterocycles. The van der Waals surface area contributed by atoms with E-state index in [0.717, 1.165) is 37.0 Å². The lowest BCUT2D eigenvalue weighted by molar-refractivity contribution is 0.551. The highest BCUT2D eigenvalue weighted by Crippen LogP contribution is 2.56. The number of hydrogen-bond donors (Lipinski definition) is 0. The zero-order valence-electron chi connectivity index (χ0n) is 10.6. The quantitative estimate of drug-likeness (QED) is 0.415. The molecule has 1 nitrogen and oxygen atoms in total. The molecular weight excluding hydrogens is 318 g/mol. The molecule has 0 radical (unpaired) electrons. The van der Waals surface area contributed by atoms with Gasteiger partial charge < -0.3 is 4.57 Å². The third-order valence-electron chi connectivity index (χ3n) is 2.55. The molecule has 0 aromatic carbocycles. The molecule has 0 spiro atoms. The van der Waals surface area contributed by atoms with Gasteiger partial charge in [-0.15, -0.1) is 0 Å². The van der Waals surface area contributed by atoms with Gasteiger partial charge in [-0.05, 0) is 46.7 Å². The van der Waals surface area contributed by atoms with Crippen molar-refractivity contribution in [1.82, 2.24) is 0 Å². The third-order valence-corrected chi connectivity index (χ3v) is 7.41. The summed E-state index contributed by atoms with van der Waals surface area (Å²) in [6.45, 7) is 8.93. The Balaban J connectivity index is 3.63. The van der Waals surface area contributed by atoms with Gasteiger partial charge in [-0.3, -0.25) is 0 Å².